The predicted octanol–water partition coefficient (Wildman–Crippen LogP) is 3.53. The molecule has 1 unspecified atom stereocenters. The van der Waals surface area contributed by atoms with E-state index in [0.29, 0.717) is 19.0 Å². The molecule has 0 saturated heterocycles. The van der Waals surface area contributed by atoms with Gasteiger partial charge in [0.2, 0.25) is 0 Å². The molecule has 2 aromatic rings. The van der Waals surface area contributed by atoms with Crippen LogP contribution in [0.4, 0.5) is 0 Å². The first kappa shape index (κ1) is 14.8. The van der Waals surface area contributed by atoms with E-state index in [4.69, 9.17) is 4.42 Å². The van der Waals surface area contributed by atoms with Crippen molar-refractivity contribution in [3.05, 3.63) is 59.0 Å². The molecule has 1 aromatic carbocycles. The van der Waals surface area contributed by atoms with Gasteiger partial charge in [-0.25, -0.2) is 0 Å². The molecule has 0 aliphatic heterocycles. The second-order valence-corrected chi connectivity index (χ2v) is 5.48. The molecule has 1 aromatic heterocycles. The van der Waals surface area contributed by atoms with Crippen LogP contribution in [-0.2, 0) is 6.54 Å². The van der Waals surface area contributed by atoms with Crippen molar-refractivity contribution >= 4 is 0 Å². The molecule has 0 radical (unpaired) electrons. The van der Waals surface area contributed by atoms with E-state index in [1.54, 1.807) is 0 Å². The number of aliphatic hydroxyl groups excluding tert-OH is 1. The lowest BCUT2D eigenvalue weighted by molar-refractivity contribution is 0.173. The van der Waals surface area contributed by atoms with Crippen molar-refractivity contribution in [1.29, 1.82) is 0 Å². The summed E-state index contributed by atoms with van der Waals surface area (Å²) in [4.78, 5) is 0. The van der Waals surface area contributed by atoms with Crippen LogP contribution in [0.15, 0.2) is 40.8 Å². The van der Waals surface area contributed by atoms with Crippen LogP contribution < -0.4 is 5.32 Å². The van der Waals surface area contributed by atoms with Crippen LogP contribution in [0.25, 0.3) is 0 Å². The Labute approximate surface area is 120 Å². The maximum Gasteiger partial charge on any atom is 0.117 e. The molecule has 0 spiro atoms. The SMILES string of the molecule is Cc1ccc(CNCC(O)c2ccc(C(C)C)cc2)o1. The number of furan rings is 1. The second-order valence-electron chi connectivity index (χ2n) is 5.48. The molecule has 0 fully saturated rings. The standard InChI is InChI=1S/C17H23NO2/c1-12(2)14-5-7-15(8-6-14)17(19)11-18-10-16-9-4-13(3)20-16/h4-9,12,17-19H,10-11H2,1-3H3. The maximum atomic E-state index is 10.1. The van der Waals surface area contributed by atoms with E-state index in [-0.39, 0.29) is 0 Å². The summed E-state index contributed by atoms with van der Waals surface area (Å²) in [6.45, 7) is 7.40. The van der Waals surface area contributed by atoms with Crippen molar-refractivity contribution in [2.24, 2.45) is 0 Å². The molecule has 108 valence electrons. The number of nitrogens with one attached hydrogen (secondary N) is 1. The Morgan fingerprint density at radius 1 is 1.05 bits per heavy atom. The van der Waals surface area contributed by atoms with Gasteiger partial charge < -0.3 is 14.8 Å². The predicted molar refractivity (Wildman–Crippen MR) is 80.6 cm³/mol. The van der Waals surface area contributed by atoms with Gasteiger partial charge in [-0.2, -0.15) is 0 Å². The molecular weight excluding hydrogens is 250 g/mol. The lowest BCUT2D eigenvalue weighted by Crippen LogP contribution is -2.20. The number of aryl methyl sites for hydroxylation is 1. The number of benzene rings is 1. The normalized spacial score (nSPS) is 12.8. The van der Waals surface area contributed by atoms with Crippen LogP contribution >= 0.6 is 0 Å². The van der Waals surface area contributed by atoms with Crippen molar-refractivity contribution < 1.29 is 9.52 Å². The molecule has 0 aliphatic carbocycles. The monoisotopic (exact) mass is 273 g/mol. The Bertz CT molecular complexity index is 528. The Hall–Kier alpha value is -1.58. The van der Waals surface area contributed by atoms with E-state index < -0.39 is 6.10 Å². The highest BCUT2D eigenvalue weighted by molar-refractivity contribution is 5.26. The van der Waals surface area contributed by atoms with Crippen LogP contribution in [0.3, 0.4) is 0 Å². The highest BCUT2D eigenvalue weighted by Crippen LogP contribution is 2.18. The van der Waals surface area contributed by atoms with Gasteiger partial charge in [-0.1, -0.05) is 38.1 Å². The zero-order chi connectivity index (χ0) is 14.5. The number of rotatable bonds is 6. The zero-order valence-corrected chi connectivity index (χ0v) is 12.4. The van der Waals surface area contributed by atoms with E-state index >= 15 is 0 Å². The van der Waals surface area contributed by atoms with Gasteiger partial charge in [0.25, 0.3) is 0 Å². The van der Waals surface area contributed by atoms with Gasteiger partial charge >= 0.3 is 0 Å². The Balaban J connectivity index is 1.83. The molecule has 2 rings (SSSR count). The van der Waals surface area contributed by atoms with E-state index in [2.05, 4.69) is 31.3 Å². The van der Waals surface area contributed by atoms with Crippen LogP contribution in [0, 0.1) is 6.92 Å². The summed E-state index contributed by atoms with van der Waals surface area (Å²) in [5.41, 5.74) is 2.23. The molecule has 1 heterocycles. The van der Waals surface area contributed by atoms with Crippen molar-refractivity contribution in [1.82, 2.24) is 5.32 Å². The summed E-state index contributed by atoms with van der Waals surface area (Å²) in [6.07, 6.45) is -0.493. The minimum absolute atomic E-state index is 0.493. The quantitative estimate of drug-likeness (QED) is 0.846. The first-order valence-electron chi connectivity index (χ1n) is 7.10. The highest BCUT2D eigenvalue weighted by Gasteiger charge is 2.08. The van der Waals surface area contributed by atoms with Crippen molar-refractivity contribution in [3.8, 4) is 0 Å². The molecule has 0 aliphatic rings. The van der Waals surface area contributed by atoms with Crippen molar-refractivity contribution in [2.75, 3.05) is 6.54 Å². The van der Waals surface area contributed by atoms with Crippen molar-refractivity contribution in [3.63, 3.8) is 0 Å². The summed E-state index contributed by atoms with van der Waals surface area (Å²) in [7, 11) is 0. The maximum absolute atomic E-state index is 10.1. The van der Waals surface area contributed by atoms with Crippen LogP contribution in [0.1, 0.15) is 48.5 Å². The van der Waals surface area contributed by atoms with E-state index in [1.807, 2.05) is 31.2 Å². The lowest BCUT2D eigenvalue weighted by atomic mass is 10.00. The summed E-state index contributed by atoms with van der Waals surface area (Å²) in [5.74, 6) is 2.32. The average molecular weight is 273 g/mol. The first-order chi connectivity index (χ1) is 9.56. The van der Waals surface area contributed by atoms with Gasteiger partial charge in [0.1, 0.15) is 11.5 Å². The summed E-state index contributed by atoms with van der Waals surface area (Å²) >= 11 is 0. The van der Waals surface area contributed by atoms with E-state index in [1.165, 1.54) is 5.56 Å². The van der Waals surface area contributed by atoms with Gasteiger partial charge in [-0.15, -0.1) is 0 Å². The molecule has 0 saturated carbocycles. The fourth-order valence-corrected chi connectivity index (χ4v) is 2.13. The van der Waals surface area contributed by atoms with Gasteiger partial charge in [-0.05, 0) is 36.1 Å². The summed E-state index contributed by atoms with van der Waals surface area (Å²) in [5, 5.41) is 13.3. The van der Waals surface area contributed by atoms with E-state index in [9.17, 15) is 5.11 Å². The molecule has 0 amide bonds. The average Bonchev–Trinajstić information content (AvgIpc) is 2.84. The third kappa shape index (κ3) is 3.95. The molecule has 3 heteroatoms. The fourth-order valence-electron chi connectivity index (χ4n) is 2.13. The molecule has 0 bridgehead atoms. The van der Waals surface area contributed by atoms with Crippen LogP contribution in [-0.4, -0.2) is 11.7 Å². The minimum Gasteiger partial charge on any atom is -0.465 e. The zero-order valence-electron chi connectivity index (χ0n) is 12.4. The Morgan fingerprint density at radius 2 is 1.70 bits per heavy atom. The molecule has 20 heavy (non-hydrogen) atoms. The molecule has 2 N–H and O–H groups in total. The van der Waals surface area contributed by atoms with Gasteiger partial charge in [0, 0.05) is 6.54 Å². The Morgan fingerprint density at radius 3 is 2.25 bits per heavy atom. The Kier molecular flexibility index (Phi) is 4.99. The topological polar surface area (TPSA) is 45.4 Å². The smallest absolute Gasteiger partial charge is 0.117 e. The lowest BCUT2D eigenvalue weighted by Gasteiger charge is -2.13. The number of aliphatic hydroxyl groups is 1. The van der Waals surface area contributed by atoms with E-state index in [0.717, 1.165) is 17.1 Å². The minimum atomic E-state index is -0.493. The summed E-state index contributed by atoms with van der Waals surface area (Å²) < 4.78 is 5.47. The van der Waals surface area contributed by atoms with Crippen LogP contribution in [0.5, 0.6) is 0 Å². The summed E-state index contributed by atoms with van der Waals surface area (Å²) in [6, 6.07) is 12.1. The fraction of sp³-hybridized carbons (Fsp3) is 0.412. The largest absolute Gasteiger partial charge is 0.465 e. The number of hydrogen-bond acceptors (Lipinski definition) is 3. The second kappa shape index (κ2) is 6.73. The number of hydrogen-bond donors (Lipinski definition) is 2. The van der Waals surface area contributed by atoms with Gasteiger partial charge in [0.15, 0.2) is 0 Å². The van der Waals surface area contributed by atoms with Crippen molar-refractivity contribution in [2.45, 2.75) is 39.3 Å². The molecule has 3 nitrogen and oxygen atoms in total. The van der Waals surface area contributed by atoms with Crippen LogP contribution in [0.2, 0.25) is 0 Å². The third-order valence-corrected chi connectivity index (χ3v) is 3.42. The molecular formula is C17H23NO2. The highest BCUT2D eigenvalue weighted by atomic mass is 16.3. The first-order valence-corrected chi connectivity index (χ1v) is 7.10. The van der Waals surface area contributed by atoms with Gasteiger partial charge in [-0.3, -0.25) is 0 Å². The molecule has 1 atom stereocenters. The van der Waals surface area contributed by atoms with Gasteiger partial charge in [0.05, 0.1) is 12.6 Å². The third-order valence-electron chi connectivity index (χ3n) is 3.42.